The first-order valence-corrected chi connectivity index (χ1v) is 6.49. The van der Waals surface area contributed by atoms with Crippen LogP contribution in [-0.4, -0.2) is 31.6 Å². The first-order valence-electron chi connectivity index (χ1n) is 6.49. The Kier molecular flexibility index (Phi) is 6.78. The van der Waals surface area contributed by atoms with Crippen molar-refractivity contribution in [1.82, 2.24) is 0 Å². The number of amides is 1. The van der Waals surface area contributed by atoms with Crippen LogP contribution in [0.4, 0.5) is 5.69 Å². The van der Waals surface area contributed by atoms with E-state index in [2.05, 4.69) is 11.2 Å². The first kappa shape index (κ1) is 16.5. The molecule has 1 amide bonds. The fourth-order valence-corrected chi connectivity index (χ4v) is 1.55. The standard InChI is InChI=1S/C15H18N2O4/c1-3-9-21-13-10-11(15(19)20-4-2)5-6-12(13)17-14(18)7-8-16/h1,5-6,10H,4,7-9,16H2,2H3,(H,17,18). The summed E-state index contributed by atoms with van der Waals surface area (Å²) in [4.78, 5) is 23.3. The van der Waals surface area contributed by atoms with E-state index in [1.807, 2.05) is 0 Å². The zero-order valence-corrected chi connectivity index (χ0v) is 11.8. The van der Waals surface area contributed by atoms with Gasteiger partial charge in [0.2, 0.25) is 5.91 Å². The fourth-order valence-electron chi connectivity index (χ4n) is 1.55. The van der Waals surface area contributed by atoms with Gasteiger partial charge in [0.05, 0.1) is 17.9 Å². The van der Waals surface area contributed by atoms with Gasteiger partial charge in [-0.1, -0.05) is 5.92 Å². The third kappa shape index (κ3) is 5.16. The van der Waals surface area contributed by atoms with Crippen LogP contribution in [0.3, 0.4) is 0 Å². The third-order valence-corrected chi connectivity index (χ3v) is 2.45. The monoisotopic (exact) mass is 290 g/mol. The van der Waals surface area contributed by atoms with Crippen LogP contribution in [0, 0.1) is 12.3 Å². The molecule has 6 nitrogen and oxygen atoms in total. The van der Waals surface area contributed by atoms with Crippen LogP contribution < -0.4 is 15.8 Å². The number of hydrogen-bond donors (Lipinski definition) is 2. The molecule has 0 atom stereocenters. The van der Waals surface area contributed by atoms with Gasteiger partial charge in [-0.05, 0) is 25.1 Å². The lowest BCUT2D eigenvalue weighted by molar-refractivity contribution is -0.116. The van der Waals surface area contributed by atoms with Gasteiger partial charge in [-0.15, -0.1) is 6.42 Å². The van der Waals surface area contributed by atoms with Crippen molar-refractivity contribution in [2.24, 2.45) is 5.73 Å². The van der Waals surface area contributed by atoms with Gasteiger partial charge in [0.25, 0.3) is 0 Å². The molecule has 3 N–H and O–H groups in total. The Morgan fingerprint density at radius 2 is 2.19 bits per heavy atom. The molecule has 0 bridgehead atoms. The van der Waals surface area contributed by atoms with Crippen molar-refractivity contribution in [1.29, 1.82) is 0 Å². The highest BCUT2D eigenvalue weighted by atomic mass is 16.5. The van der Waals surface area contributed by atoms with E-state index < -0.39 is 5.97 Å². The van der Waals surface area contributed by atoms with Crippen LogP contribution >= 0.6 is 0 Å². The second-order valence-corrected chi connectivity index (χ2v) is 4.01. The van der Waals surface area contributed by atoms with E-state index in [0.29, 0.717) is 17.0 Å². The number of esters is 1. The maximum Gasteiger partial charge on any atom is 0.338 e. The molecule has 0 saturated carbocycles. The van der Waals surface area contributed by atoms with Crippen molar-refractivity contribution in [3.05, 3.63) is 23.8 Å². The molecule has 1 aromatic rings. The topological polar surface area (TPSA) is 90.6 Å². The van der Waals surface area contributed by atoms with Gasteiger partial charge in [0, 0.05) is 13.0 Å². The number of anilines is 1. The summed E-state index contributed by atoms with van der Waals surface area (Å²) in [6, 6.07) is 4.58. The molecule has 0 aliphatic carbocycles. The molecule has 1 rings (SSSR count). The van der Waals surface area contributed by atoms with Gasteiger partial charge in [0.1, 0.15) is 12.4 Å². The number of carbonyl (C=O) groups excluding carboxylic acids is 2. The molecule has 0 unspecified atom stereocenters. The van der Waals surface area contributed by atoms with E-state index >= 15 is 0 Å². The van der Waals surface area contributed by atoms with E-state index in [1.165, 1.54) is 6.07 Å². The van der Waals surface area contributed by atoms with Gasteiger partial charge >= 0.3 is 5.97 Å². The Bertz CT molecular complexity index is 549. The summed E-state index contributed by atoms with van der Waals surface area (Å²) >= 11 is 0. The van der Waals surface area contributed by atoms with Crippen molar-refractivity contribution in [2.45, 2.75) is 13.3 Å². The van der Waals surface area contributed by atoms with E-state index in [1.54, 1.807) is 19.1 Å². The number of benzene rings is 1. The second kappa shape index (κ2) is 8.61. The number of rotatable bonds is 7. The van der Waals surface area contributed by atoms with Crippen LogP contribution in [0.5, 0.6) is 5.75 Å². The predicted molar refractivity (Wildman–Crippen MR) is 79.0 cm³/mol. The van der Waals surface area contributed by atoms with Crippen molar-refractivity contribution in [3.63, 3.8) is 0 Å². The zero-order chi connectivity index (χ0) is 15.7. The summed E-state index contributed by atoms with van der Waals surface area (Å²) in [5, 5.41) is 2.65. The van der Waals surface area contributed by atoms with Gasteiger partial charge < -0.3 is 20.5 Å². The number of nitrogens with two attached hydrogens (primary N) is 1. The van der Waals surface area contributed by atoms with Gasteiger partial charge in [-0.25, -0.2) is 4.79 Å². The largest absolute Gasteiger partial charge is 0.479 e. The van der Waals surface area contributed by atoms with Gasteiger partial charge in [0.15, 0.2) is 0 Å². The van der Waals surface area contributed by atoms with E-state index in [0.717, 1.165) is 0 Å². The molecule has 0 spiro atoms. The smallest absolute Gasteiger partial charge is 0.338 e. The second-order valence-electron chi connectivity index (χ2n) is 4.01. The minimum Gasteiger partial charge on any atom is -0.479 e. The molecule has 0 aliphatic rings. The summed E-state index contributed by atoms with van der Waals surface area (Å²) in [5.74, 6) is 1.92. The number of carbonyl (C=O) groups is 2. The van der Waals surface area contributed by atoms with Crippen LogP contribution in [0.15, 0.2) is 18.2 Å². The average Bonchev–Trinajstić information content (AvgIpc) is 2.46. The maximum absolute atomic E-state index is 11.7. The van der Waals surface area contributed by atoms with Crippen molar-refractivity contribution in [3.8, 4) is 18.1 Å². The normalized spacial score (nSPS) is 9.57. The summed E-state index contributed by atoms with van der Waals surface area (Å²) in [6.07, 6.45) is 5.34. The molecule has 0 fully saturated rings. The molecule has 112 valence electrons. The quantitative estimate of drug-likeness (QED) is 0.581. The lowest BCUT2D eigenvalue weighted by atomic mass is 10.2. The Morgan fingerprint density at radius 3 is 2.81 bits per heavy atom. The molecule has 0 heterocycles. The minimum absolute atomic E-state index is 0.0199. The number of hydrogen-bond acceptors (Lipinski definition) is 5. The van der Waals surface area contributed by atoms with E-state index in [9.17, 15) is 9.59 Å². The number of ether oxygens (including phenoxy) is 2. The summed E-state index contributed by atoms with van der Waals surface area (Å²) in [7, 11) is 0. The first-order chi connectivity index (χ1) is 10.1. The van der Waals surface area contributed by atoms with Crippen LogP contribution in [-0.2, 0) is 9.53 Å². The molecule has 21 heavy (non-hydrogen) atoms. The van der Waals surface area contributed by atoms with Gasteiger partial charge in [-0.2, -0.15) is 0 Å². The molecular formula is C15H18N2O4. The average molecular weight is 290 g/mol. The highest BCUT2D eigenvalue weighted by Crippen LogP contribution is 2.26. The lowest BCUT2D eigenvalue weighted by Crippen LogP contribution is -2.17. The molecule has 0 aliphatic heterocycles. The van der Waals surface area contributed by atoms with Crippen molar-refractivity contribution < 1.29 is 19.1 Å². The van der Waals surface area contributed by atoms with Crippen LogP contribution in [0.1, 0.15) is 23.7 Å². The molecule has 0 saturated heterocycles. The highest BCUT2D eigenvalue weighted by molar-refractivity contribution is 5.95. The Hall–Kier alpha value is -2.52. The van der Waals surface area contributed by atoms with E-state index in [4.69, 9.17) is 21.6 Å². The summed E-state index contributed by atoms with van der Waals surface area (Å²) in [6.45, 7) is 2.25. The number of nitrogens with one attached hydrogen (secondary N) is 1. The lowest BCUT2D eigenvalue weighted by Gasteiger charge is -2.12. The molecule has 0 radical (unpaired) electrons. The van der Waals surface area contributed by atoms with Crippen molar-refractivity contribution in [2.75, 3.05) is 25.1 Å². The SMILES string of the molecule is C#CCOc1cc(C(=O)OCC)ccc1NC(=O)CCN. The van der Waals surface area contributed by atoms with Crippen LogP contribution in [0.2, 0.25) is 0 Å². The Morgan fingerprint density at radius 1 is 1.43 bits per heavy atom. The van der Waals surface area contributed by atoms with Crippen molar-refractivity contribution >= 4 is 17.6 Å². The van der Waals surface area contributed by atoms with E-state index in [-0.39, 0.29) is 32.1 Å². The summed E-state index contributed by atoms with van der Waals surface area (Å²) < 4.78 is 10.3. The third-order valence-electron chi connectivity index (χ3n) is 2.45. The highest BCUT2D eigenvalue weighted by Gasteiger charge is 2.13. The van der Waals surface area contributed by atoms with Crippen LogP contribution in [0.25, 0.3) is 0 Å². The summed E-state index contributed by atoms with van der Waals surface area (Å²) in [5.41, 5.74) is 6.07. The maximum atomic E-state index is 11.7. The minimum atomic E-state index is -0.470. The predicted octanol–water partition coefficient (Wildman–Crippen LogP) is 1.16. The van der Waals surface area contributed by atoms with Gasteiger partial charge in [-0.3, -0.25) is 4.79 Å². The Balaban J connectivity index is 2.98. The molecule has 0 aromatic heterocycles. The zero-order valence-electron chi connectivity index (χ0n) is 11.8. The fraction of sp³-hybridized carbons (Fsp3) is 0.333. The molecule has 1 aromatic carbocycles. The molecule has 6 heteroatoms. The molecular weight excluding hydrogens is 272 g/mol. The number of terminal acetylenes is 1. The Labute approximate surface area is 123 Å².